The number of nitrogens with one attached hydrogen (secondary N) is 1. The fraction of sp³-hybridized carbons (Fsp3) is 0.562. The van der Waals surface area contributed by atoms with Gasteiger partial charge in [-0.05, 0) is 31.5 Å². The maximum Gasteiger partial charge on any atom is 0.230 e. The molecule has 1 amide bonds. The number of hydrogen-bond acceptors (Lipinski definition) is 3. The molecule has 0 aliphatic heterocycles. The number of ether oxygens (including phenoxy) is 1. The number of hydrogen-bond donors (Lipinski definition) is 1. The monoisotopic (exact) mass is 295 g/mol. The molecule has 1 aromatic carbocycles. The van der Waals surface area contributed by atoms with Crippen LogP contribution in [-0.4, -0.2) is 22.5 Å². The van der Waals surface area contributed by atoms with Gasteiger partial charge in [-0.2, -0.15) is 0 Å². The number of thioether (sulfide) groups is 1. The van der Waals surface area contributed by atoms with Gasteiger partial charge in [0.05, 0.1) is 11.9 Å². The predicted molar refractivity (Wildman–Crippen MR) is 86.3 cm³/mol. The van der Waals surface area contributed by atoms with Gasteiger partial charge in [-0.1, -0.05) is 32.9 Å². The zero-order valence-electron chi connectivity index (χ0n) is 13.0. The highest BCUT2D eigenvalue weighted by Crippen LogP contribution is 2.22. The summed E-state index contributed by atoms with van der Waals surface area (Å²) in [4.78, 5) is 11.7. The molecule has 112 valence electrons. The molecule has 3 nitrogen and oxygen atoms in total. The Kier molecular flexibility index (Phi) is 6.40. The zero-order chi connectivity index (χ0) is 15.2. The average Bonchev–Trinajstić information content (AvgIpc) is 2.34. The summed E-state index contributed by atoms with van der Waals surface area (Å²) < 4.78 is 5.70. The van der Waals surface area contributed by atoms with Gasteiger partial charge in [0.15, 0.2) is 0 Å². The summed E-state index contributed by atoms with van der Waals surface area (Å²) in [6, 6.07) is 7.83. The van der Waals surface area contributed by atoms with Crippen molar-refractivity contribution < 1.29 is 9.53 Å². The van der Waals surface area contributed by atoms with E-state index in [-0.39, 0.29) is 16.8 Å². The molecule has 0 aliphatic rings. The molecule has 0 atom stereocenters. The molecule has 0 saturated carbocycles. The summed E-state index contributed by atoms with van der Waals surface area (Å²) in [6.07, 6.45) is 0.176. The van der Waals surface area contributed by atoms with E-state index < -0.39 is 0 Å². The minimum atomic E-state index is 0.0763. The Bertz CT molecular complexity index is 421. The van der Waals surface area contributed by atoms with Gasteiger partial charge in [-0.3, -0.25) is 4.79 Å². The second-order valence-electron chi connectivity index (χ2n) is 5.99. The minimum Gasteiger partial charge on any atom is -0.491 e. The summed E-state index contributed by atoms with van der Waals surface area (Å²) in [5, 5.41) is 2.93. The van der Waals surface area contributed by atoms with Crippen LogP contribution < -0.4 is 10.1 Å². The van der Waals surface area contributed by atoms with Crippen molar-refractivity contribution in [2.45, 2.75) is 52.0 Å². The van der Waals surface area contributed by atoms with Crippen LogP contribution in [0.5, 0.6) is 5.75 Å². The second-order valence-corrected chi connectivity index (χ2v) is 7.79. The lowest BCUT2D eigenvalue weighted by atomic mass is 10.2. The third-order valence-corrected chi connectivity index (χ3v) is 3.69. The lowest BCUT2D eigenvalue weighted by Crippen LogP contribution is -2.26. The van der Waals surface area contributed by atoms with Gasteiger partial charge in [-0.15, -0.1) is 11.8 Å². The van der Waals surface area contributed by atoms with Crippen LogP contribution >= 0.6 is 11.8 Å². The molecule has 20 heavy (non-hydrogen) atoms. The number of rotatable bonds is 6. The summed E-state index contributed by atoms with van der Waals surface area (Å²) >= 11 is 1.65. The van der Waals surface area contributed by atoms with E-state index in [9.17, 15) is 4.79 Å². The first kappa shape index (κ1) is 16.9. The van der Waals surface area contributed by atoms with Crippen LogP contribution in [0.3, 0.4) is 0 Å². The van der Waals surface area contributed by atoms with Gasteiger partial charge in [0, 0.05) is 11.3 Å². The van der Waals surface area contributed by atoms with Gasteiger partial charge in [0.2, 0.25) is 5.91 Å². The van der Waals surface area contributed by atoms with Crippen LogP contribution in [0.2, 0.25) is 0 Å². The van der Waals surface area contributed by atoms with Crippen molar-refractivity contribution in [1.82, 2.24) is 5.32 Å². The molecule has 0 fully saturated rings. The van der Waals surface area contributed by atoms with Crippen LogP contribution in [0.25, 0.3) is 0 Å². The average molecular weight is 295 g/mol. The highest BCUT2D eigenvalue weighted by atomic mass is 32.2. The highest BCUT2D eigenvalue weighted by molar-refractivity contribution is 8.01. The van der Waals surface area contributed by atoms with Crippen LogP contribution in [-0.2, 0) is 11.3 Å². The summed E-state index contributed by atoms with van der Waals surface area (Å²) in [6.45, 7) is 10.9. The molecule has 4 heteroatoms. The normalized spacial score (nSPS) is 11.5. The molecule has 0 unspecified atom stereocenters. The van der Waals surface area contributed by atoms with Gasteiger partial charge in [0.1, 0.15) is 5.75 Å². The summed E-state index contributed by atoms with van der Waals surface area (Å²) in [7, 11) is 0. The summed E-state index contributed by atoms with van der Waals surface area (Å²) in [5.41, 5.74) is 1.08. The molecule has 1 rings (SSSR count). The van der Waals surface area contributed by atoms with Crippen molar-refractivity contribution in [1.29, 1.82) is 0 Å². The molecule has 0 aliphatic carbocycles. The van der Waals surface area contributed by atoms with E-state index in [0.717, 1.165) is 11.3 Å². The molecule has 0 spiro atoms. The molecular weight excluding hydrogens is 270 g/mol. The molecule has 0 aromatic heterocycles. The Balaban J connectivity index is 2.36. The lowest BCUT2D eigenvalue weighted by Gasteiger charge is -2.17. The van der Waals surface area contributed by atoms with E-state index in [2.05, 4.69) is 26.1 Å². The van der Waals surface area contributed by atoms with Crippen molar-refractivity contribution in [3.63, 3.8) is 0 Å². The number of carbonyl (C=O) groups excluding carboxylic acids is 1. The van der Waals surface area contributed by atoms with E-state index in [1.54, 1.807) is 11.8 Å². The first-order chi connectivity index (χ1) is 9.26. The molecule has 0 bridgehead atoms. The van der Waals surface area contributed by atoms with Gasteiger partial charge >= 0.3 is 0 Å². The van der Waals surface area contributed by atoms with Crippen LogP contribution in [0.15, 0.2) is 24.3 Å². The Labute approximate surface area is 126 Å². The molecule has 0 saturated heterocycles. The van der Waals surface area contributed by atoms with Gasteiger partial charge in [0.25, 0.3) is 0 Å². The van der Waals surface area contributed by atoms with Crippen LogP contribution in [0.1, 0.15) is 40.2 Å². The number of amides is 1. The van der Waals surface area contributed by atoms with Crippen LogP contribution in [0, 0.1) is 0 Å². The van der Waals surface area contributed by atoms with E-state index in [1.165, 1.54) is 0 Å². The highest BCUT2D eigenvalue weighted by Gasteiger charge is 2.13. The molecule has 0 radical (unpaired) electrons. The van der Waals surface area contributed by atoms with Crippen molar-refractivity contribution >= 4 is 17.7 Å². The largest absolute Gasteiger partial charge is 0.491 e. The van der Waals surface area contributed by atoms with E-state index in [1.807, 2.05) is 38.1 Å². The molecule has 1 N–H and O–H groups in total. The van der Waals surface area contributed by atoms with Crippen molar-refractivity contribution in [3.05, 3.63) is 29.8 Å². The quantitative estimate of drug-likeness (QED) is 0.871. The zero-order valence-corrected chi connectivity index (χ0v) is 13.8. The van der Waals surface area contributed by atoms with Gasteiger partial charge < -0.3 is 10.1 Å². The minimum absolute atomic E-state index is 0.0763. The van der Waals surface area contributed by atoms with Crippen molar-refractivity contribution in [2.75, 3.05) is 5.75 Å². The smallest absolute Gasteiger partial charge is 0.230 e. The van der Waals surface area contributed by atoms with E-state index in [0.29, 0.717) is 12.3 Å². The first-order valence-corrected chi connectivity index (χ1v) is 7.91. The predicted octanol–water partition coefficient (Wildman–Crippen LogP) is 3.62. The maximum absolute atomic E-state index is 11.7. The maximum atomic E-state index is 11.7. The fourth-order valence-electron chi connectivity index (χ4n) is 1.49. The molecule has 1 aromatic rings. The standard InChI is InChI=1S/C16H25NO2S/c1-12(2)19-14-8-6-13(7-9-14)10-17-15(18)11-20-16(3,4)5/h6-9,12H,10-11H2,1-5H3,(H,17,18). The van der Waals surface area contributed by atoms with E-state index in [4.69, 9.17) is 4.74 Å². The first-order valence-electron chi connectivity index (χ1n) is 6.92. The number of benzene rings is 1. The number of carbonyl (C=O) groups is 1. The third kappa shape index (κ3) is 7.43. The topological polar surface area (TPSA) is 38.3 Å². The Hall–Kier alpha value is -1.16. The SMILES string of the molecule is CC(C)Oc1ccc(CNC(=O)CSC(C)(C)C)cc1. The lowest BCUT2D eigenvalue weighted by molar-refractivity contribution is -0.118. The van der Waals surface area contributed by atoms with Crippen LogP contribution in [0.4, 0.5) is 0 Å². The second kappa shape index (κ2) is 7.58. The Morgan fingerprint density at radius 3 is 2.35 bits per heavy atom. The van der Waals surface area contributed by atoms with Crippen molar-refractivity contribution in [3.8, 4) is 5.75 Å². The molecular formula is C16H25NO2S. The Morgan fingerprint density at radius 1 is 1.25 bits per heavy atom. The third-order valence-electron chi connectivity index (χ3n) is 2.42. The fourth-order valence-corrected chi connectivity index (χ4v) is 2.16. The molecule has 0 heterocycles. The van der Waals surface area contributed by atoms with Crippen molar-refractivity contribution in [2.24, 2.45) is 0 Å². The summed E-state index contributed by atoms with van der Waals surface area (Å²) in [5.74, 6) is 1.43. The van der Waals surface area contributed by atoms with E-state index >= 15 is 0 Å². The Morgan fingerprint density at radius 2 is 1.85 bits per heavy atom. The van der Waals surface area contributed by atoms with Gasteiger partial charge in [-0.25, -0.2) is 0 Å².